The van der Waals surface area contributed by atoms with Gasteiger partial charge in [-0.2, -0.15) is 0 Å². The minimum atomic E-state index is -0.191. The molecular formula is C16H16F. The minimum absolute atomic E-state index is 0.191. The molecule has 87 valence electrons. The molecular weight excluding hydrogens is 211 g/mol. The molecule has 0 atom stereocenters. The first-order chi connectivity index (χ1) is 8.29. The van der Waals surface area contributed by atoms with Gasteiger partial charge in [-0.25, -0.2) is 4.39 Å². The van der Waals surface area contributed by atoms with Gasteiger partial charge in [-0.3, -0.25) is 0 Å². The Kier molecular flexibility index (Phi) is 3.92. The Morgan fingerprint density at radius 2 is 1.71 bits per heavy atom. The Morgan fingerprint density at radius 1 is 0.941 bits per heavy atom. The van der Waals surface area contributed by atoms with E-state index in [9.17, 15) is 4.39 Å². The fraction of sp³-hybridized carbons (Fsp3) is 0.188. The van der Waals surface area contributed by atoms with E-state index in [1.54, 1.807) is 12.1 Å². The van der Waals surface area contributed by atoms with Gasteiger partial charge < -0.3 is 0 Å². The maximum atomic E-state index is 13.1. The number of aryl methyl sites for hydroxylation is 1. The zero-order valence-electron chi connectivity index (χ0n) is 9.83. The maximum absolute atomic E-state index is 13.1. The first-order valence-corrected chi connectivity index (χ1v) is 5.94. The lowest BCUT2D eigenvalue weighted by Gasteiger charge is -2.04. The van der Waals surface area contributed by atoms with Gasteiger partial charge in [0.05, 0.1) is 0 Å². The summed E-state index contributed by atoms with van der Waals surface area (Å²) in [6, 6.07) is 15.0. The number of hydrogen-bond acceptors (Lipinski definition) is 0. The number of hydrogen-bond donors (Lipinski definition) is 0. The van der Waals surface area contributed by atoms with Crippen molar-refractivity contribution in [3.8, 4) is 11.1 Å². The van der Waals surface area contributed by atoms with Crippen LogP contribution in [0.1, 0.15) is 18.4 Å². The second-order valence-corrected chi connectivity index (χ2v) is 4.16. The third-order valence-corrected chi connectivity index (χ3v) is 2.83. The Labute approximate surface area is 102 Å². The van der Waals surface area contributed by atoms with Crippen LogP contribution in [0.15, 0.2) is 48.5 Å². The molecule has 0 N–H and O–H groups in total. The lowest BCUT2D eigenvalue weighted by molar-refractivity contribution is 0.628. The molecule has 0 amide bonds. The quantitative estimate of drug-likeness (QED) is 0.713. The molecule has 0 nitrogen and oxygen atoms in total. The normalized spacial score (nSPS) is 10.5. The van der Waals surface area contributed by atoms with E-state index >= 15 is 0 Å². The van der Waals surface area contributed by atoms with E-state index in [2.05, 4.69) is 19.1 Å². The largest absolute Gasteiger partial charge is 0.207 e. The van der Waals surface area contributed by atoms with Crippen molar-refractivity contribution in [2.75, 3.05) is 0 Å². The van der Waals surface area contributed by atoms with E-state index in [1.165, 1.54) is 11.6 Å². The summed E-state index contributed by atoms with van der Waals surface area (Å²) in [5.41, 5.74) is 3.30. The lowest BCUT2D eigenvalue weighted by atomic mass is 10.0. The molecule has 0 saturated heterocycles. The second kappa shape index (κ2) is 5.62. The molecule has 0 saturated carbocycles. The molecule has 2 aromatic carbocycles. The van der Waals surface area contributed by atoms with E-state index in [0.29, 0.717) is 0 Å². The summed E-state index contributed by atoms with van der Waals surface area (Å²) in [5.74, 6) is -0.191. The van der Waals surface area contributed by atoms with Gasteiger partial charge >= 0.3 is 0 Å². The van der Waals surface area contributed by atoms with Gasteiger partial charge in [0, 0.05) is 0 Å². The van der Waals surface area contributed by atoms with E-state index in [4.69, 9.17) is 0 Å². The van der Waals surface area contributed by atoms with Gasteiger partial charge in [0.2, 0.25) is 0 Å². The van der Waals surface area contributed by atoms with E-state index < -0.39 is 0 Å². The van der Waals surface area contributed by atoms with Crippen LogP contribution in [-0.2, 0) is 6.42 Å². The van der Waals surface area contributed by atoms with Crippen molar-refractivity contribution >= 4 is 0 Å². The summed E-state index contributed by atoms with van der Waals surface area (Å²) in [4.78, 5) is 0. The highest BCUT2D eigenvalue weighted by Crippen LogP contribution is 2.21. The second-order valence-electron chi connectivity index (χ2n) is 4.16. The minimum Gasteiger partial charge on any atom is -0.207 e. The highest BCUT2D eigenvalue weighted by molar-refractivity contribution is 5.63. The predicted octanol–water partition coefficient (Wildman–Crippen LogP) is 4.65. The third kappa shape index (κ3) is 3.16. The molecule has 2 aromatic rings. The van der Waals surface area contributed by atoms with Crippen molar-refractivity contribution in [2.45, 2.75) is 19.3 Å². The smallest absolute Gasteiger partial charge is 0.123 e. The molecule has 2 rings (SSSR count). The van der Waals surface area contributed by atoms with Gasteiger partial charge in [0.15, 0.2) is 0 Å². The zero-order valence-corrected chi connectivity index (χ0v) is 9.83. The number of unbranched alkanes of at least 4 members (excludes halogenated alkanes) is 1. The average molecular weight is 227 g/mol. The molecule has 0 aliphatic carbocycles. The van der Waals surface area contributed by atoms with Crippen LogP contribution >= 0.6 is 0 Å². The van der Waals surface area contributed by atoms with Gasteiger partial charge in [-0.1, -0.05) is 49.7 Å². The number of halogens is 1. The van der Waals surface area contributed by atoms with Crippen LogP contribution in [0, 0.1) is 12.7 Å². The van der Waals surface area contributed by atoms with Gasteiger partial charge in [0.25, 0.3) is 0 Å². The highest BCUT2D eigenvalue weighted by atomic mass is 19.1. The van der Waals surface area contributed by atoms with Crippen LogP contribution in [0.5, 0.6) is 0 Å². The van der Waals surface area contributed by atoms with Crippen molar-refractivity contribution in [3.05, 3.63) is 66.8 Å². The summed E-state index contributed by atoms with van der Waals surface area (Å²) >= 11 is 0. The summed E-state index contributed by atoms with van der Waals surface area (Å²) in [6.45, 7) is 3.83. The Morgan fingerprint density at radius 3 is 2.35 bits per heavy atom. The molecule has 1 heteroatoms. The molecule has 17 heavy (non-hydrogen) atoms. The van der Waals surface area contributed by atoms with Crippen molar-refractivity contribution in [1.82, 2.24) is 0 Å². The SMILES string of the molecule is [CH2]CCCc1ccc(-c2cccc(F)c2)cc1. The Hall–Kier alpha value is -1.63. The average Bonchev–Trinajstić information content (AvgIpc) is 2.37. The van der Waals surface area contributed by atoms with Gasteiger partial charge in [0.1, 0.15) is 5.82 Å². The molecule has 0 aromatic heterocycles. The first kappa shape index (κ1) is 11.8. The highest BCUT2D eigenvalue weighted by Gasteiger charge is 1.99. The molecule has 0 aliphatic rings. The van der Waals surface area contributed by atoms with E-state index in [0.717, 1.165) is 30.4 Å². The van der Waals surface area contributed by atoms with Gasteiger partial charge in [-0.05, 0) is 41.7 Å². The van der Waals surface area contributed by atoms with Crippen molar-refractivity contribution < 1.29 is 4.39 Å². The van der Waals surface area contributed by atoms with Gasteiger partial charge in [-0.15, -0.1) is 0 Å². The van der Waals surface area contributed by atoms with E-state index in [1.807, 2.05) is 18.2 Å². The molecule has 0 bridgehead atoms. The summed E-state index contributed by atoms with van der Waals surface area (Å²) in [5, 5.41) is 0. The molecule has 0 aliphatic heterocycles. The lowest BCUT2D eigenvalue weighted by Crippen LogP contribution is -1.85. The molecule has 0 spiro atoms. The van der Waals surface area contributed by atoms with Crippen LogP contribution in [0.3, 0.4) is 0 Å². The van der Waals surface area contributed by atoms with Crippen LogP contribution in [0.25, 0.3) is 11.1 Å². The topological polar surface area (TPSA) is 0 Å². The van der Waals surface area contributed by atoms with Crippen LogP contribution < -0.4 is 0 Å². The predicted molar refractivity (Wildman–Crippen MR) is 70.1 cm³/mol. The molecule has 0 heterocycles. The Balaban J connectivity index is 2.17. The molecule has 0 unspecified atom stereocenters. The van der Waals surface area contributed by atoms with Crippen LogP contribution in [-0.4, -0.2) is 0 Å². The molecule has 1 radical (unpaired) electrons. The van der Waals surface area contributed by atoms with E-state index in [-0.39, 0.29) is 5.82 Å². The standard InChI is InChI=1S/C16H16F/c1-2-3-5-13-8-10-14(11-9-13)15-6-4-7-16(17)12-15/h4,6-12H,1-3,5H2. The first-order valence-electron chi connectivity index (χ1n) is 5.94. The third-order valence-electron chi connectivity index (χ3n) is 2.83. The zero-order chi connectivity index (χ0) is 12.1. The van der Waals surface area contributed by atoms with Crippen molar-refractivity contribution in [3.63, 3.8) is 0 Å². The number of benzene rings is 2. The fourth-order valence-corrected chi connectivity index (χ4v) is 1.86. The Bertz CT molecular complexity index is 471. The summed E-state index contributed by atoms with van der Waals surface area (Å²) < 4.78 is 13.1. The summed E-state index contributed by atoms with van der Waals surface area (Å²) in [7, 11) is 0. The van der Waals surface area contributed by atoms with Crippen molar-refractivity contribution in [2.24, 2.45) is 0 Å². The fourth-order valence-electron chi connectivity index (χ4n) is 1.86. The van der Waals surface area contributed by atoms with Crippen molar-refractivity contribution in [1.29, 1.82) is 0 Å². The summed E-state index contributed by atoms with van der Waals surface area (Å²) in [6.07, 6.45) is 3.14. The number of rotatable bonds is 4. The van der Waals surface area contributed by atoms with Crippen LogP contribution in [0.4, 0.5) is 4.39 Å². The maximum Gasteiger partial charge on any atom is 0.123 e. The van der Waals surface area contributed by atoms with Crippen LogP contribution in [0.2, 0.25) is 0 Å². The monoisotopic (exact) mass is 227 g/mol. The molecule has 0 fully saturated rings.